The number of carbonyl (C=O) groups excluding carboxylic acids is 1. The Bertz CT molecular complexity index is 1370. The number of anilines is 1. The van der Waals surface area contributed by atoms with Crippen LogP contribution in [-0.2, 0) is 0 Å². The van der Waals surface area contributed by atoms with E-state index in [1.807, 2.05) is 0 Å². The molecule has 3 N–H and O–H groups in total. The zero-order valence-corrected chi connectivity index (χ0v) is 17.5. The summed E-state index contributed by atoms with van der Waals surface area (Å²) in [5, 5.41) is 9.57. The predicted octanol–water partition coefficient (Wildman–Crippen LogP) is 4.02. The maximum Gasteiger partial charge on any atom is 0.405 e. The van der Waals surface area contributed by atoms with E-state index in [2.05, 4.69) is 30.7 Å². The number of nitrogens with one attached hydrogen (secondary N) is 3. The summed E-state index contributed by atoms with van der Waals surface area (Å²) in [6.45, 7) is -1.09. The molecule has 0 unspecified atom stereocenters. The van der Waals surface area contributed by atoms with Crippen LogP contribution in [0.4, 0.5) is 27.9 Å². The van der Waals surface area contributed by atoms with Crippen LogP contribution in [0.1, 0.15) is 23.2 Å². The minimum atomic E-state index is -4.40. The van der Waals surface area contributed by atoms with Gasteiger partial charge in [-0.25, -0.2) is 18.3 Å². The monoisotopic (exact) mass is 479 g/mol. The van der Waals surface area contributed by atoms with E-state index in [1.165, 1.54) is 16.9 Å². The standard InChI is InChI=1S/C21H18F5N7O/c22-20(23)4-11(5-20)6-28-18(34)15-9-31-33-2-1-12(3-16(15)33)13-7-27-17-14(13)8-29-19(32-17)30-10-21(24,25)26/h1-3,7-9,11H,4-6,10H2,(H,28,34)(H2,27,29,30,32). The smallest absolute Gasteiger partial charge is 0.352 e. The van der Waals surface area contributed by atoms with E-state index >= 15 is 0 Å². The molecule has 0 spiro atoms. The van der Waals surface area contributed by atoms with Crippen LogP contribution in [0.5, 0.6) is 0 Å². The molecule has 34 heavy (non-hydrogen) atoms. The SMILES string of the molecule is O=C(NCC1CC(F)(F)C1)c1cnn2ccc(-c3c[nH]c4nc(NCC(F)(F)F)ncc34)cc12. The molecule has 0 radical (unpaired) electrons. The fraction of sp³-hybridized carbons (Fsp3) is 0.333. The number of hydrogen-bond donors (Lipinski definition) is 3. The molecule has 13 heteroatoms. The lowest BCUT2D eigenvalue weighted by molar-refractivity contribution is -0.115. The first-order valence-corrected chi connectivity index (χ1v) is 10.4. The number of aromatic amines is 1. The Balaban J connectivity index is 1.37. The van der Waals surface area contributed by atoms with E-state index in [4.69, 9.17) is 0 Å². The Morgan fingerprint density at radius 2 is 2.06 bits per heavy atom. The van der Waals surface area contributed by atoms with Gasteiger partial charge in [-0.15, -0.1) is 0 Å². The Hall–Kier alpha value is -3.77. The van der Waals surface area contributed by atoms with Gasteiger partial charge < -0.3 is 15.6 Å². The maximum atomic E-state index is 13.0. The van der Waals surface area contributed by atoms with Gasteiger partial charge >= 0.3 is 6.18 Å². The van der Waals surface area contributed by atoms with E-state index in [9.17, 15) is 26.7 Å². The lowest BCUT2D eigenvalue weighted by atomic mass is 9.81. The lowest BCUT2D eigenvalue weighted by Gasteiger charge is -2.34. The Morgan fingerprint density at radius 3 is 2.79 bits per heavy atom. The molecule has 1 fully saturated rings. The number of aromatic nitrogens is 5. The molecular weight excluding hydrogens is 461 g/mol. The highest BCUT2D eigenvalue weighted by atomic mass is 19.4. The average molecular weight is 479 g/mol. The van der Waals surface area contributed by atoms with Gasteiger partial charge in [-0.2, -0.15) is 23.3 Å². The lowest BCUT2D eigenvalue weighted by Crippen LogP contribution is -2.42. The largest absolute Gasteiger partial charge is 0.405 e. The molecule has 5 rings (SSSR count). The molecule has 1 saturated carbocycles. The van der Waals surface area contributed by atoms with Crippen LogP contribution in [0.15, 0.2) is 36.9 Å². The highest BCUT2D eigenvalue weighted by Gasteiger charge is 2.45. The number of pyridine rings is 1. The molecule has 0 aromatic carbocycles. The quantitative estimate of drug-likeness (QED) is 0.363. The summed E-state index contributed by atoms with van der Waals surface area (Å²) in [5.41, 5.74) is 2.53. The molecule has 178 valence electrons. The number of fused-ring (bicyclic) bond motifs is 2. The molecule has 8 nitrogen and oxygen atoms in total. The Morgan fingerprint density at radius 1 is 1.26 bits per heavy atom. The number of carbonyl (C=O) groups is 1. The summed E-state index contributed by atoms with van der Waals surface area (Å²) < 4.78 is 64.8. The summed E-state index contributed by atoms with van der Waals surface area (Å²) in [4.78, 5) is 23.6. The first kappa shape index (κ1) is 22.0. The second-order valence-electron chi connectivity index (χ2n) is 8.27. The molecule has 4 heterocycles. The minimum Gasteiger partial charge on any atom is -0.352 e. The molecule has 0 bridgehead atoms. The number of nitrogens with zero attached hydrogens (tertiary/aromatic N) is 4. The highest BCUT2D eigenvalue weighted by Crippen LogP contribution is 2.41. The van der Waals surface area contributed by atoms with Crippen LogP contribution < -0.4 is 10.6 Å². The Labute approximate surface area is 188 Å². The van der Waals surface area contributed by atoms with Crippen molar-refractivity contribution in [3.63, 3.8) is 0 Å². The van der Waals surface area contributed by atoms with Crippen molar-refractivity contribution in [2.75, 3.05) is 18.4 Å². The van der Waals surface area contributed by atoms with Crippen molar-refractivity contribution in [3.8, 4) is 11.1 Å². The molecular formula is C21H18F5N7O. The summed E-state index contributed by atoms with van der Waals surface area (Å²) in [5.74, 6) is -3.47. The summed E-state index contributed by atoms with van der Waals surface area (Å²) in [7, 11) is 0. The van der Waals surface area contributed by atoms with Crippen molar-refractivity contribution in [1.29, 1.82) is 0 Å². The van der Waals surface area contributed by atoms with Gasteiger partial charge in [0.05, 0.1) is 17.3 Å². The third-order valence-electron chi connectivity index (χ3n) is 5.68. The van der Waals surface area contributed by atoms with E-state index in [1.54, 1.807) is 24.5 Å². The number of H-pyrrole nitrogens is 1. The zero-order valence-electron chi connectivity index (χ0n) is 17.5. The topological polar surface area (TPSA) is 100 Å². The number of hydrogen-bond acceptors (Lipinski definition) is 5. The van der Waals surface area contributed by atoms with Crippen molar-refractivity contribution in [2.24, 2.45) is 5.92 Å². The van der Waals surface area contributed by atoms with Crippen LogP contribution in [0.2, 0.25) is 0 Å². The maximum absolute atomic E-state index is 13.0. The van der Waals surface area contributed by atoms with Crippen molar-refractivity contribution in [1.82, 2.24) is 29.9 Å². The highest BCUT2D eigenvalue weighted by molar-refractivity contribution is 6.02. The van der Waals surface area contributed by atoms with Crippen molar-refractivity contribution in [3.05, 3.63) is 42.5 Å². The second kappa shape index (κ2) is 7.92. The summed E-state index contributed by atoms with van der Waals surface area (Å²) in [6, 6.07) is 3.49. The zero-order chi connectivity index (χ0) is 24.1. The molecule has 0 aliphatic heterocycles. The Kier molecular flexibility index (Phi) is 5.14. The number of amides is 1. The van der Waals surface area contributed by atoms with Crippen LogP contribution >= 0.6 is 0 Å². The van der Waals surface area contributed by atoms with E-state index in [0.717, 1.165) is 0 Å². The van der Waals surface area contributed by atoms with Gasteiger partial charge in [-0.3, -0.25) is 4.79 Å². The van der Waals surface area contributed by atoms with Gasteiger partial charge in [-0.05, 0) is 23.6 Å². The van der Waals surface area contributed by atoms with E-state index in [-0.39, 0.29) is 31.3 Å². The molecule has 4 aromatic rings. The third-order valence-corrected chi connectivity index (χ3v) is 5.68. The van der Waals surface area contributed by atoms with Gasteiger partial charge in [0.1, 0.15) is 12.2 Å². The minimum absolute atomic E-state index is 0.160. The molecule has 4 aromatic heterocycles. The van der Waals surface area contributed by atoms with Crippen molar-refractivity contribution < 1.29 is 26.7 Å². The van der Waals surface area contributed by atoms with E-state index < -0.39 is 24.6 Å². The summed E-state index contributed by atoms with van der Waals surface area (Å²) >= 11 is 0. The van der Waals surface area contributed by atoms with Crippen LogP contribution in [0, 0.1) is 5.92 Å². The normalized spacial score (nSPS) is 16.0. The second-order valence-corrected chi connectivity index (χ2v) is 8.27. The van der Waals surface area contributed by atoms with Crippen LogP contribution in [0.3, 0.4) is 0 Å². The molecule has 1 aliphatic carbocycles. The van der Waals surface area contributed by atoms with Gasteiger partial charge in [0.2, 0.25) is 11.9 Å². The number of halogens is 5. The molecule has 1 aliphatic rings. The summed E-state index contributed by atoms with van der Waals surface area (Å²) in [6.07, 6.45) is 1.26. The first-order valence-electron chi connectivity index (χ1n) is 10.4. The van der Waals surface area contributed by atoms with Crippen LogP contribution in [-0.4, -0.2) is 55.7 Å². The molecule has 1 amide bonds. The number of rotatable bonds is 6. The number of alkyl halides is 5. The molecule has 0 saturated heterocycles. The van der Waals surface area contributed by atoms with Gasteiger partial charge in [0, 0.05) is 48.9 Å². The van der Waals surface area contributed by atoms with E-state index in [0.29, 0.717) is 33.2 Å². The van der Waals surface area contributed by atoms with Crippen LogP contribution in [0.25, 0.3) is 27.7 Å². The third kappa shape index (κ3) is 4.37. The average Bonchev–Trinajstić information content (AvgIpc) is 3.37. The fourth-order valence-corrected chi connectivity index (χ4v) is 4.00. The molecule has 0 atom stereocenters. The van der Waals surface area contributed by atoms with Gasteiger partial charge in [0.15, 0.2) is 0 Å². The van der Waals surface area contributed by atoms with Gasteiger partial charge in [-0.1, -0.05) is 0 Å². The van der Waals surface area contributed by atoms with Crippen molar-refractivity contribution >= 4 is 28.4 Å². The predicted molar refractivity (Wildman–Crippen MR) is 113 cm³/mol. The van der Waals surface area contributed by atoms with Gasteiger partial charge in [0.25, 0.3) is 5.91 Å². The fourth-order valence-electron chi connectivity index (χ4n) is 4.00. The van der Waals surface area contributed by atoms with Crippen molar-refractivity contribution in [2.45, 2.75) is 24.9 Å². The first-order chi connectivity index (χ1) is 16.1.